The van der Waals surface area contributed by atoms with Gasteiger partial charge in [0.25, 0.3) is 0 Å². The molecular weight excluding hydrogens is 890 g/mol. The Kier molecular flexibility index (Phi) is 11.0. The maximum atomic E-state index is 15.2. The normalized spacial score (nSPS) is 15.5. The van der Waals surface area contributed by atoms with Gasteiger partial charge in [-0.25, -0.2) is 37.5 Å². The minimum atomic E-state index is -6.65. The summed E-state index contributed by atoms with van der Waals surface area (Å²) >= 11 is 0. The second-order valence-corrected chi connectivity index (χ2v) is 10.9. The molecule has 0 aliphatic heterocycles. The lowest BCUT2D eigenvalue weighted by atomic mass is 9.98. The van der Waals surface area contributed by atoms with Crippen LogP contribution in [-0.4, -0.2) is 19.9 Å². The number of rotatable bonds is 3. The van der Waals surface area contributed by atoms with Crippen LogP contribution in [0.1, 0.15) is 56.7 Å². The number of halogens is 22. The summed E-state index contributed by atoms with van der Waals surface area (Å²) in [5.74, 6) is -18.1. The Morgan fingerprint density at radius 3 is 0.767 bits per heavy atom. The first-order chi connectivity index (χ1) is 27.1. The molecule has 1 aromatic carbocycles. The van der Waals surface area contributed by atoms with Crippen LogP contribution in [-0.2, 0) is 37.1 Å². The van der Waals surface area contributed by atoms with Gasteiger partial charge >= 0.3 is 37.1 Å². The number of benzene rings is 1. The standard InChI is InChI=1S/C30F22N8/c31-15-8(4-56)16(32)18(34)12(17(15)33)5(1-53)9-10(6(2-54)13-19(25(35,36)37)57-23(29(47,48)49)58-20(13)26(38,39)40)11(9)7(3-55)14-21(27(41,42)43)59-24(30(50,51)52)60-22(14)28(44,45)46. The smallest absolute Gasteiger partial charge is 0.219 e. The summed E-state index contributed by atoms with van der Waals surface area (Å²) in [6, 6.07) is 1.92. The quantitative estimate of drug-likeness (QED) is 0.144. The maximum absolute atomic E-state index is 15.2. The Bertz CT molecular complexity index is 2410. The molecule has 1 aliphatic rings. The van der Waals surface area contributed by atoms with Crippen LogP contribution in [0, 0.1) is 68.6 Å². The van der Waals surface area contributed by atoms with Gasteiger partial charge in [0.05, 0.1) is 33.4 Å². The predicted molar refractivity (Wildman–Crippen MR) is 143 cm³/mol. The largest absolute Gasteiger partial charge is 0.451 e. The molecule has 0 unspecified atom stereocenters. The van der Waals surface area contributed by atoms with Crippen LogP contribution in [0.15, 0.2) is 16.7 Å². The average molecular weight is 890 g/mol. The van der Waals surface area contributed by atoms with Gasteiger partial charge in [-0.2, -0.15) is 100 Å². The van der Waals surface area contributed by atoms with Gasteiger partial charge in [-0.3, -0.25) is 0 Å². The van der Waals surface area contributed by atoms with Crippen LogP contribution in [0.2, 0.25) is 0 Å². The third-order valence-corrected chi connectivity index (χ3v) is 7.30. The summed E-state index contributed by atoms with van der Waals surface area (Å²) in [5, 5.41) is 38.5. The summed E-state index contributed by atoms with van der Waals surface area (Å²) in [5.41, 5.74) is -39.3. The van der Waals surface area contributed by atoms with E-state index in [1.165, 1.54) is 0 Å². The number of allylic oxidation sites excluding steroid dienone is 6. The first-order valence-electron chi connectivity index (χ1n) is 14.1. The van der Waals surface area contributed by atoms with Gasteiger partial charge in [0.15, 0.2) is 46.0 Å². The number of nitrogens with zero attached hydrogens (tertiary/aromatic N) is 8. The molecule has 60 heavy (non-hydrogen) atoms. The summed E-state index contributed by atoms with van der Waals surface area (Å²) in [6.45, 7) is 0. The van der Waals surface area contributed by atoms with Crippen molar-refractivity contribution in [1.29, 1.82) is 21.0 Å². The molecule has 30 heteroatoms. The highest BCUT2D eigenvalue weighted by Crippen LogP contribution is 2.59. The van der Waals surface area contributed by atoms with Crippen molar-refractivity contribution in [1.82, 2.24) is 19.9 Å². The lowest BCUT2D eigenvalue weighted by Gasteiger charge is -2.19. The topological polar surface area (TPSA) is 147 Å². The predicted octanol–water partition coefficient (Wildman–Crippen LogP) is 10.1. The minimum absolute atomic E-state index is 0.401. The van der Waals surface area contributed by atoms with Crippen LogP contribution in [0.25, 0.3) is 16.7 Å². The lowest BCUT2D eigenvalue weighted by molar-refractivity contribution is -0.162. The molecular formula is C30F22N8. The molecule has 3 aromatic rings. The summed E-state index contributed by atoms with van der Waals surface area (Å²) in [7, 11) is 0. The number of hydrogen-bond acceptors (Lipinski definition) is 8. The van der Waals surface area contributed by atoms with E-state index in [2.05, 4.69) is 0 Å². The number of alkyl halides is 18. The summed E-state index contributed by atoms with van der Waals surface area (Å²) in [6.07, 6.45) is -39.3. The highest BCUT2D eigenvalue weighted by molar-refractivity contribution is 6.12. The zero-order valence-corrected chi connectivity index (χ0v) is 26.9. The molecule has 0 atom stereocenters. The SMILES string of the molecule is N#CC(=C1C(=C(C#N)c2c(C(F)(F)F)nc(C(F)(F)F)nc2C(F)(F)F)C1=C(C#N)c1c(F)c(F)c(C#N)c(F)c1F)c1c(C(F)(F)F)nc(C(F)(F)F)nc1C(F)(F)F. The van der Waals surface area contributed by atoms with Crippen LogP contribution < -0.4 is 0 Å². The Morgan fingerprint density at radius 1 is 0.350 bits per heavy atom. The summed E-state index contributed by atoms with van der Waals surface area (Å²) < 4.78 is 312. The zero-order chi connectivity index (χ0) is 46.2. The van der Waals surface area contributed by atoms with Crippen molar-refractivity contribution in [2.75, 3.05) is 0 Å². The monoisotopic (exact) mass is 890 g/mol. The third kappa shape index (κ3) is 7.91. The molecule has 1 saturated carbocycles. The van der Waals surface area contributed by atoms with E-state index < -0.39 is 150 Å². The van der Waals surface area contributed by atoms with Gasteiger partial charge in [0.2, 0.25) is 11.6 Å². The fraction of sp³-hybridized carbons (Fsp3) is 0.200. The highest BCUT2D eigenvalue weighted by Gasteiger charge is 2.54. The van der Waals surface area contributed by atoms with E-state index in [0.29, 0.717) is 24.3 Å². The van der Waals surface area contributed by atoms with Crippen molar-refractivity contribution < 1.29 is 96.6 Å². The van der Waals surface area contributed by atoms with Crippen LogP contribution in [0.4, 0.5) is 96.6 Å². The van der Waals surface area contributed by atoms with E-state index in [1.807, 2.05) is 19.9 Å². The van der Waals surface area contributed by atoms with Gasteiger partial charge in [-0.15, -0.1) is 0 Å². The van der Waals surface area contributed by atoms with E-state index >= 15 is 8.78 Å². The van der Waals surface area contributed by atoms with Crippen molar-refractivity contribution >= 4 is 16.7 Å². The first kappa shape index (κ1) is 45.7. The molecule has 0 amide bonds. The maximum Gasteiger partial charge on any atom is 0.451 e. The Balaban J connectivity index is 2.54. The lowest BCUT2D eigenvalue weighted by Crippen LogP contribution is -2.25. The second-order valence-electron chi connectivity index (χ2n) is 10.9. The molecule has 0 N–H and O–H groups in total. The van der Waals surface area contributed by atoms with Crippen molar-refractivity contribution in [3.8, 4) is 24.3 Å². The van der Waals surface area contributed by atoms with Crippen LogP contribution in [0.3, 0.4) is 0 Å². The molecule has 2 heterocycles. The van der Waals surface area contributed by atoms with Crippen molar-refractivity contribution in [3.63, 3.8) is 0 Å². The Hall–Kier alpha value is -6.98. The molecule has 1 aliphatic carbocycles. The third-order valence-electron chi connectivity index (χ3n) is 7.30. The van der Waals surface area contributed by atoms with Crippen LogP contribution >= 0.6 is 0 Å². The molecule has 8 nitrogen and oxygen atoms in total. The number of aromatic nitrogens is 4. The summed E-state index contributed by atoms with van der Waals surface area (Å²) in [4.78, 5) is 7.51. The van der Waals surface area contributed by atoms with Gasteiger partial charge in [0, 0.05) is 16.7 Å². The zero-order valence-electron chi connectivity index (χ0n) is 26.9. The Morgan fingerprint density at radius 2 is 0.583 bits per heavy atom. The van der Waals surface area contributed by atoms with Crippen molar-refractivity contribution in [3.05, 3.63) is 96.7 Å². The molecule has 0 radical (unpaired) electrons. The molecule has 2 aromatic heterocycles. The van der Waals surface area contributed by atoms with E-state index in [0.717, 1.165) is 0 Å². The van der Waals surface area contributed by atoms with Gasteiger partial charge in [0.1, 0.15) is 29.8 Å². The molecule has 314 valence electrons. The van der Waals surface area contributed by atoms with E-state index in [-0.39, 0.29) is 0 Å². The highest BCUT2D eigenvalue weighted by atomic mass is 19.4. The van der Waals surface area contributed by atoms with Gasteiger partial charge in [-0.05, 0) is 0 Å². The average Bonchev–Trinajstić information content (AvgIpc) is 3.80. The van der Waals surface area contributed by atoms with Gasteiger partial charge < -0.3 is 0 Å². The molecule has 4 rings (SSSR count). The van der Waals surface area contributed by atoms with E-state index in [9.17, 15) is 104 Å². The second kappa shape index (κ2) is 14.4. The molecule has 0 saturated heterocycles. The Labute approximate surface area is 312 Å². The van der Waals surface area contributed by atoms with Crippen molar-refractivity contribution in [2.45, 2.75) is 37.1 Å². The van der Waals surface area contributed by atoms with E-state index in [4.69, 9.17) is 5.26 Å². The van der Waals surface area contributed by atoms with Crippen molar-refractivity contribution in [2.24, 2.45) is 0 Å². The fourth-order valence-corrected chi connectivity index (χ4v) is 5.07. The fourth-order valence-electron chi connectivity index (χ4n) is 5.07. The van der Waals surface area contributed by atoms with Gasteiger partial charge in [-0.1, -0.05) is 0 Å². The number of nitriles is 4. The molecule has 0 spiro atoms. The molecule has 0 bridgehead atoms. The first-order valence-corrected chi connectivity index (χ1v) is 14.1. The molecule has 1 fully saturated rings. The van der Waals surface area contributed by atoms with E-state index in [1.54, 1.807) is 0 Å². The van der Waals surface area contributed by atoms with Crippen LogP contribution in [0.5, 0.6) is 0 Å². The minimum Gasteiger partial charge on any atom is -0.219 e. The number of hydrogen-bond donors (Lipinski definition) is 0.